The van der Waals surface area contributed by atoms with Gasteiger partial charge in [-0.15, -0.1) is 0 Å². The van der Waals surface area contributed by atoms with Crippen LogP contribution in [0.2, 0.25) is 0 Å². The molecule has 0 fully saturated rings. The van der Waals surface area contributed by atoms with Gasteiger partial charge in [-0.1, -0.05) is 259 Å². The maximum absolute atomic E-state index is 12.7. The molecule has 0 aromatic carbocycles. The SMILES string of the molecule is CC/C=C\C/C=C\C/C=C\C/C=C\C/C=C\CC(=O)OC(COC(=O)CCCCCCCCC)COC(=O)CCCCCCCCCCCCCCCCCC/C=C\C/C=C\C/C=C\C/C=C\CC. The number of allylic oxidation sites excluding steroid dienone is 17. The van der Waals surface area contributed by atoms with Crippen molar-refractivity contribution in [1.82, 2.24) is 0 Å². The van der Waals surface area contributed by atoms with Crippen LogP contribution in [0.25, 0.3) is 0 Å². The Kier molecular flexibility index (Phi) is 53.4. The van der Waals surface area contributed by atoms with Gasteiger partial charge >= 0.3 is 17.9 Å². The number of hydrogen-bond donors (Lipinski definition) is 0. The van der Waals surface area contributed by atoms with E-state index in [9.17, 15) is 14.4 Å². The fourth-order valence-electron chi connectivity index (χ4n) is 7.63. The molecule has 6 nitrogen and oxygen atoms in total. The van der Waals surface area contributed by atoms with E-state index in [1.807, 2.05) is 6.08 Å². The van der Waals surface area contributed by atoms with Crippen LogP contribution in [0.4, 0.5) is 0 Å². The molecule has 69 heavy (non-hydrogen) atoms. The van der Waals surface area contributed by atoms with Crippen molar-refractivity contribution in [2.24, 2.45) is 0 Å². The summed E-state index contributed by atoms with van der Waals surface area (Å²) >= 11 is 0. The molecule has 0 aliphatic rings. The second-order valence-electron chi connectivity index (χ2n) is 18.5. The molecule has 1 unspecified atom stereocenters. The first-order valence-corrected chi connectivity index (χ1v) is 28.4. The van der Waals surface area contributed by atoms with Crippen molar-refractivity contribution >= 4 is 17.9 Å². The van der Waals surface area contributed by atoms with E-state index in [1.165, 1.54) is 116 Å². The molecule has 0 amide bonds. The molecular formula is C63H104O6. The van der Waals surface area contributed by atoms with Crippen molar-refractivity contribution in [1.29, 1.82) is 0 Å². The highest BCUT2D eigenvalue weighted by molar-refractivity contribution is 5.72. The number of unbranched alkanes of at least 4 members (excludes halogenated alkanes) is 22. The molecule has 0 bridgehead atoms. The largest absolute Gasteiger partial charge is 0.462 e. The van der Waals surface area contributed by atoms with Crippen molar-refractivity contribution in [3.63, 3.8) is 0 Å². The minimum Gasteiger partial charge on any atom is -0.462 e. The van der Waals surface area contributed by atoms with Crippen molar-refractivity contribution in [2.45, 2.75) is 258 Å². The van der Waals surface area contributed by atoms with E-state index in [0.29, 0.717) is 12.8 Å². The van der Waals surface area contributed by atoms with E-state index in [1.54, 1.807) is 6.08 Å². The van der Waals surface area contributed by atoms with Gasteiger partial charge in [0.05, 0.1) is 6.42 Å². The molecule has 392 valence electrons. The Hall–Kier alpha value is -3.93. The second-order valence-corrected chi connectivity index (χ2v) is 18.5. The van der Waals surface area contributed by atoms with Gasteiger partial charge in [0.15, 0.2) is 6.10 Å². The zero-order chi connectivity index (χ0) is 50.0. The van der Waals surface area contributed by atoms with Gasteiger partial charge in [-0.3, -0.25) is 14.4 Å². The Morgan fingerprint density at radius 2 is 0.609 bits per heavy atom. The zero-order valence-corrected chi connectivity index (χ0v) is 44.8. The first kappa shape index (κ1) is 65.1. The standard InChI is InChI=1S/C63H104O6/c1-4-7-10-13-16-18-20-22-24-25-26-27-28-29-30-31-32-33-34-35-36-37-39-40-42-44-47-50-53-56-62(65)68-59-60(58-67-61(64)55-52-49-46-15-12-9-6-3)69-63(66)57-54-51-48-45-43-41-38-23-21-19-17-14-11-8-5-2/h7-8,10-11,16-19,22-24,26-27,38,43,45,51,54,60H,4-6,9,12-15,20-21,25,28-37,39-42,44,46-50,52-53,55-59H2,1-3H3/b10-7-,11-8-,18-16-,19-17-,24-22-,27-26-,38-23-,45-43-,54-51-. The molecule has 0 spiro atoms. The summed E-state index contributed by atoms with van der Waals surface area (Å²) < 4.78 is 16.6. The third-order valence-corrected chi connectivity index (χ3v) is 11.8. The molecule has 0 aromatic rings. The van der Waals surface area contributed by atoms with Gasteiger partial charge in [-0.05, 0) is 83.5 Å². The molecule has 0 saturated carbocycles. The van der Waals surface area contributed by atoms with Crippen LogP contribution in [0.3, 0.4) is 0 Å². The van der Waals surface area contributed by atoms with E-state index < -0.39 is 12.1 Å². The maximum Gasteiger partial charge on any atom is 0.310 e. The summed E-state index contributed by atoms with van der Waals surface area (Å²) in [7, 11) is 0. The Balaban J connectivity index is 4.16. The van der Waals surface area contributed by atoms with Crippen LogP contribution < -0.4 is 0 Å². The third-order valence-electron chi connectivity index (χ3n) is 11.8. The van der Waals surface area contributed by atoms with Crippen LogP contribution >= 0.6 is 0 Å². The lowest BCUT2D eigenvalue weighted by Crippen LogP contribution is -2.30. The van der Waals surface area contributed by atoms with E-state index in [4.69, 9.17) is 14.2 Å². The maximum atomic E-state index is 12.7. The summed E-state index contributed by atoms with van der Waals surface area (Å²) in [5.41, 5.74) is 0. The van der Waals surface area contributed by atoms with Gasteiger partial charge in [-0.25, -0.2) is 0 Å². The lowest BCUT2D eigenvalue weighted by atomic mass is 10.0. The van der Waals surface area contributed by atoms with Gasteiger partial charge in [0, 0.05) is 12.8 Å². The molecule has 6 heteroatoms. The molecule has 0 radical (unpaired) electrons. The summed E-state index contributed by atoms with van der Waals surface area (Å²) in [5.74, 6) is -1.05. The molecule has 0 rings (SSSR count). The number of ether oxygens (including phenoxy) is 3. The summed E-state index contributed by atoms with van der Waals surface area (Å²) in [6, 6.07) is 0. The van der Waals surface area contributed by atoms with Crippen molar-refractivity contribution < 1.29 is 28.6 Å². The fraction of sp³-hybridized carbons (Fsp3) is 0.667. The zero-order valence-electron chi connectivity index (χ0n) is 44.8. The van der Waals surface area contributed by atoms with Crippen LogP contribution in [0.5, 0.6) is 0 Å². The van der Waals surface area contributed by atoms with Gasteiger partial charge in [0.2, 0.25) is 0 Å². The molecule has 0 aromatic heterocycles. The van der Waals surface area contributed by atoms with Gasteiger partial charge < -0.3 is 14.2 Å². The average Bonchev–Trinajstić information content (AvgIpc) is 3.35. The van der Waals surface area contributed by atoms with Crippen LogP contribution in [0.1, 0.15) is 252 Å². The highest BCUT2D eigenvalue weighted by Crippen LogP contribution is 2.15. The molecule has 0 aliphatic carbocycles. The Morgan fingerprint density at radius 1 is 0.319 bits per heavy atom. The quantitative estimate of drug-likeness (QED) is 0.0262. The van der Waals surface area contributed by atoms with Gasteiger partial charge in [-0.2, -0.15) is 0 Å². The molecule has 0 aliphatic heterocycles. The van der Waals surface area contributed by atoms with E-state index in [2.05, 4.69) is 118 Å². The van der Waals surface area contributed by atoms with Crippen molar-refractivity contribution in [2.75, 3.05) is 13.2 Å². The minimum atomic E-state index is -0.829. The van der Waals surface area contributed by atoms with Crippen LogP contribution in [-0.2, 0) is 28.6 Å². The lowest BCUT2D eigenvalue weighted by Gasteiger charge is -2.18. The normalized spacial score (nSPS) is 12.9. The Labute approximate surface area is 425 Å². The molecular weight excluding hydrogens is 853 g/mol. The van der Waals surface area contributed by atoms with Crippen molar-refractivity contribution in [3.05, 3.63) is 109 Å². The number of hydrogen-bond acceptors (Lipinski definition) is 6. The smallest absolute Gasteiger partial charge is 0.310 e. The topological polar surface area (TPSA) is 78.9 Å². The average molecular weight is 958 g/mol. The lowest BCUT2D eigenvalue weighted by molar-refractivity contribution is -0.166. The first-order chi connectivity index (χ1) is 34.0. The third kappa shape index (κ3) is 54.9. The minimum absolute atomic E-state index is 0.0965. The van der Waals surface area contributed by atoms with Crippen molar-refractivity contribution in [3.8, 4) is 0 Å². The van der Waals surface area contributed by atoms with Gasteiger partial charge in [0.25, 0.3) is 0 Å². The van der Waals surface area contributed by atoms with Crippen LogP contribution in [0.15, 0.2) is 109 Å². The molecule has 0 N–H and O–H groups in total. The van der Waals surface area contributed by atoms with E-state index >= 15 is 0 Å². The first-order valence-electron chi connectivity index (χ1n) is 28.4. The molecule has 0 heterocycles. The van der Waals surface area contributed by atoms with E-state index in [0.717, 1.165) is 96.3 Å². The molecule has 0 saturated heterocycles. The number of carbonyl (C=O) groups excluding carboxylic acids is 3. The highest BCUT2D eigenvalue weighted by Gasteiger charge is 2.19. The van der Waals surface area contributed by atoms with Crippen LogP contribution in [-0.4, -0.2) is 37.2 Å². The number of esters is 3. The Bertz CT molecular complexity index is 1420. The predicted octanol–water partition coefficient (Wildman–Crippen LogP) is 19.1. The monoisotopic (exact) mass is 957 g/mol. The second kappa shape index (κ2) is 56.7. The Morgan fingerprint density at radius 3 is 0.957 bits per heavy atom. The number of rotatable bonds is 50. The molecule has 1 atom stereocenters. The summed E-state index contributed by atoms with van der Waals surface area (Å²) in [6.07, 6.45) is 77.2. The van der Waals surface area contributed by atoms with E-state index in [-0.39, 0.29) is 31.6 Å². The van der Waals surface area contributed by atoms with Gasteiger partial charge in [0.1, 0.15) is 13.2 Å². The number of carbonyl (C=O) groups is 3. The fourth-order valence-corrected chi connectivity index (χ4v) is 7.63. The summed E-state index contributed by atoms with van der Waals surface area (Å²) in [6.45, 7) is 6.28. The summed E-state index contributed by atoms with van der Waals surface area (Å²) in [4.78, 5) is 37.8. The van der Waals surface area contributed by atoms with Crippen LogP contribution in [0, 0.1) is 0 Å². The highest BCUT2D eigenvalue weighted by atomic mass is 16.6. The predicted molar refractivity (Wildman–Crippen MR) is 297 cm³/mol. The summed E-state index contributed by atoms with van der Waals surface area (Å²) in [5, 5.41) is 0.